The summed E-state index contributed by atoms with van der Waals surface area (Å²) in [5, 5.41) is 10.7. The quantitative estimate of drug-likeness (QED) is 0.464. The van der Waals surface area contributed by atoms with Crippen molar-refractivity contribution in [1.82, 2.24) is 15.1 Å². The Kier molecular flexibility index (Phi) is 7.82. The summed E-state index contributed by atoms with van der Waals surface area (Å²) in [4.78, 5) is 24.6. The third kappa shape index (κ3) is 5.89. The second-order valence-electron chi connectivity index (χ2n) is 8.95. The number of aromatic nitrogens is 2. The molecule has 3 atom stereocenters. The number of hydrogen-bond donors (Lipinski definition) is 2. The molecule has 2 N–H and O–H groups in total. The molecular formula is C27H32N4O4. The van der Waals surface area contributed by atoms with E-state index in [9.17, 15) is 9.59 Å². The molecule has 35 heavy (non-hydrogen) atoms. The Labute approximate surface area is 205 Å². The van der Waals surface area contributed by atoms with Crippen molar-refractivity contribution in [3.63, 3.8) is 0 Å². The van der Waals surface area contributed by atoms with Crippen LogP contribution in [0.2, 0.25) is 0 Å². The van der Waals surface area contributed by atoms with Gasteiger partial charge in [-0.15, -0.1) is 0 Å². The Bertz CT molecular complexity index is 1140. The minimum absolute atomic E-state index is 0.0396. The fraction of sp³-hybridized carbons (Fsp3) is 0.370. The lowest BCUT2D eigenvalue weighted by atomic mass is 9.93. The van der Waals surface area contributed by atoms with Gasteiger partial charge in [-0.1, -0.05) is 42.5 Å². The second kappa shape index (κ2) is 11.2. The van der Waals surface area contributed by atoms with Gasteiger partial charge in [0.25, 0.3) is 0 Å². The summed E-state index contributed by atoms with van der Waals surface area (Å²) in [6.45, 7) is 0.726. The molecule has 3 aromatic rings. The van der Waals surface area contributed by atoms with E-state index in [1.54, 1.807) is 31.0 Å². The van der Waals surface area contributed by atoms with Crippen molar-refractivity contribution in [2.24, 2.45) is 13.0 Å². The van der Waals surface area contributed by atoms with E-state index in [-0.39, 0.29) is 24.0 Å². The molecule has 1 aliphatic carbocycles. The Morgan fingerprint density at radius 2 is 1.80 bits per heavy atom. The van der Waals surface area contributed by atoms with Crippen LogP contribution in [0.5, 0.6) is 0 Å². The van der Waals surface area contributed by atoms with Crippen LogP contribution < -0.4 is 10.6 Å². The monoisotopic (exact) mass is 476 g/mol. The van der Waals surface area contributed by atoms with Crippen LogP contribution in [0.4, 0.5) is 10.6 Å². The van der Waals surface area contributed by atoms with Gasteiger partial charge in [-0.25, -0.2) is 9.59 Å². The number of hydrogen-bond acceptors (Lipinski definition) is 5. The first-order valence-corrected chi connectivity index (χ1v) is 11.8. The number of carbonyl (C=O) groups excluding carboxylic acids is 2. The largest absolute Gasteiger partial charge is 0.465 e. The topological polar surface area (TPSA) is 94.5 Å². The molecular weight excluding hydrogens is 444 g/mol. The molecule has 8 nitrogen and oxygen atoms in total. The molecule has 2 amide bonds. The van der Waals surface area contributed by atoms with Crippen LogP contribution in [0.1, 0.15) is 41.1 Å². The first-order valence-electron chi connectivity index (χ1n) is 11.8. The zero-order valence-corrected chi connectivity index (χ0v) is 20.4. The number of amides is 2. The summed E-state index contributed by atoms with van der Waals surface area (Å²) in [5.41, 5.74) is 3.25. The number of carbonyl (C=O) groups is 2. The van der Waals surface area contributed by atoms with Crippen LogP contribution in [0.3, 0.4) is 0 Å². The number of urea groups is 1. The molecule has 0 aliphatic heterocycles. The highest BCUT2D eigenvalue weighted by Gasteiger charge is 2.36. The minimum atomic E-state index is -0.387. The number of ether oxygens (including phenoxy) is 2. The van der Waals surface area contributed by atoms with E-state index in [1.165, 1.54) is 12.7 Å². The van der Waals surface area contributed by atoms with E-state index in [0.29, 0.717) is 23.0 Å². The van der Waals surface area contributed by atoms with Gasteiger partial charge in [-0.3, -0.25) is 10.00 Å². The van der Waals surface area contributed by atoms with Gasteiger partial charge in [0.15, 0.2) is 0 Å². The van der Waals surface area contributed by atoms with E-state index < -0.39 is 0 Å². The first-order chi connectivity index (χ1) is 17.0. The lowest BCUT2D eigenvalue weighted by Crippen LogP contribution is -2.39. The molecule has 1 aliphatic rings. The summed E-state index contributed by atoms with van der Waals surface area (Å²) >= 11 is 0. The van der Waals surface area contributed by atoms with E-state index >= 15 is 0 Å². The summed E-state index contributed by atoms with van der Waals surface area (Å²) in [7, 11) is 4.86. The highest BCUT2D eigenvalue weighted by molar-refractivity contribution is 5.90. The Morgan fingerprint density at radius 1 is 1.06 bits per heavy atom. The SMILES string of the molecule is COCCC1C[C@@H](NC(=O)Nc2cc(-c3ccc(C(=O)OC)cc3)nn2C)[C@H](c2ccccc2)C1. The van der Waals surface area contributed by atoms with Gasteiger partial charge in [0, 0.05) is 44.4 Å². The number of nitrogens with zero attached hydrogens (tertiary/aromatic N) is 2. The first kappa shape index (κ1) is 24.5. The van der Waals surface area contributed by atoms with Gasteiger partial charge in [-0.05, 0) is 42.9 Å². The van der Waals surface area contributed by atoms with Crippen LogP contribution in [-0.2, 0) is 16.5 Å². The van der Waals surface area contributed by atoms with Crippen molar-refractivity contribution < 1.29 is 19.1 Å². The Morgan fingerprint density at radius 3 is 2.49 bits per heavy atom. The van der Waals surface area contributed by atoms with Crippen LogP contribution in [0.25, 0.3) is 11.3 Å². The number of rotatable bonds is 8. The minimum Gasteiger partial charge on any atom is -0.465 e. The van der Waals surface area contributed by atoms with Crippen molar-refractivity contribution in [2.75, 3.05) is 26.1 Å². The highest BCUT2D eigenvalue weighted by atomic mass is 16.5. The molecule has 0 radical (unpaired) electrons. The van der Waals surface area contributed by atoms with Gasteiger partial charge in [0.05, 0.1) is 18.4 Å². The Balaban J connectivity index is 1.43. The van der Waals surface area contributed by atoms with E-state index in [2.05, 4.69) is 27.9 Å². The molecule has 1 aromatic heterocycles. The lowest BCUT2D eigenvalue weighted by Gasteiger charge is -2.21. The number of benzene rings is 2. The van der Waals surface area contributed by atoms with Gasteiger partial charge < -0.3 is 14.8 Å². The molecule has 184 valence electrons. The van der Waals surface area contributed by atoms with Crippen molar-refractivity contribution in [2.45, 2.75) is 31.2 Å². The van der Waals surface area contributed by atoms with Crippen LogP contribution >= 0.6 is 0 Å². The molecule has 0 bridgehead atoms. The molecule has 2 aromatic carbocycles. The number of methoxy groups -OCH3 is 2. The summed E-state index contributed by atoms with van der Waals surface area (Å²) in [5.74, 6) is 0.961. The number of aryl methyl sites for hydroxylation is 1. The van der Waals surface area contributed by atoms with Crippen LogP contribution in [-0.4, -0.2) is 48.6 Å². The lowest BCUT2D eigenvalue weighted by molar-refractivity contribution is 0.0600. The standard InChI is InChI=1S/C27H32N4O4/c1-31-25(17-23(30-31)20-9-11-21(12-10-20)26(32)35-3)29-27(33)28-24-16-18(13-14-34-2)15-22(24)19-7-5-4-6-8-19/h4-12,17-18,22,24H,13-16H2,1-3H3,(H2,28,29,33)/t18?,22-,24+/m0/s1. The van der Waals surface area contributed by atoms with Crippen molar-refractivity contribution in [3.8, 4) is 11.3 Å². The fourth-order valence-electron chi connectivity index (χ4n) is 4.83. The van der Waals surface area contributed by atoms with E-state index in [4.69, 9.17) is 9.47 Å². The maximum absolute atomic E-state index is 13.0. The predicted molar refractivity (Wildman–Crippen MR) is 134 cm³/mol. The molecule has 4 rings (SSSR count). The second-order valence-corrected chi connectivity index (χ2v) is 8.95. The number of anilines is 1. The zero-order chi connectivity index (χ0) is 24.8. The third-order valence-electron chi connectivity index (χ3n) is 6.66. The van der Waals surface area contributed by atoms with Crippen LogP contribution in [0, 0.1) is 5.92 Å². The normalized spacial score (nSPS) is 19.3. The molecule has 0 spiro atoms. The molecule has 1 unspecified atom stereocenters. The third-order valence-corrected chi connectivity index (χ3v) is 6.66. The van der Waals surface area contributed by atoms with E-state index in [0.717, 1.165) is 31.4 Å². The highest BCUT2D eigenvalue weighted by Crippen LogP contribution is 2.40. The summed E-state index contributed by atoms with van der Waals surface area (Å²) < 4.78 is 11.7. The number of nitrogens with one attached hydrogen (secondary N) is 2. The van der Waals surface area contributed by atoms with Crippen molar-refractivity contribution in [3.05, 3.63) is 71.8 Å². The van der Waals surface area contributed by atoms with Crippen molar-refractivity contribution >= 4 is 17.8 Å². The molecule has 1 heterocycles. The predicted octanol–water partition coefficient (Wildman–Crippen LogP) is 4.59. The van der Waals surface area contributed by atoms with Gasteiger partial charge in [0.1, 0.15) is 5.82 Å². The Hall–Kier alpha value is -3.65. The smallest absolute Gasteiger partial charge is 0.337 e. The van der Waals surface area contributed by atoms with Gasteiger partial charge in [-0.2, -0.15) is 5.10 Å². The van der Waals surface area contributed by atoms with Crippen LogP contribution in [0.15, 0.2) is 60.7 Å². The summed E-state index contributed by atoms with van der Waals surface area (Å²) in [6, 6.07) is 19.0. The molecule has 1 fully saturated rings. The average Bonchev–Trinajstić information content (AvgIpc) is 3.45. The van der Waals surface area contributed by atoms with Crippen molar-refractivity contribution in [1.29, 1.82) is 0 Å². The molecule has 8 heteroatoms. The van der Waals surface area contributed by atoms with Gasteiger partial charge in [0.2, 0.25) is 0 Å². The zero-order valence-electron chi connectivity index (χ0n) is 20.4. The van der Waals surface area contributed by atoms with Gasteiger partial charge >= 0.3 is 12.0 Å². The molecule has 0 saturated heterocycles. The summed E-state index contributed by atoms with van der Waals surface area (Å²) in [6.07, 6.45) is 2.93. The molecule has 1 saturated carbocycles. The fourth-order valence-corrected chi connectivity index (χ4v) is 4.83. The maximum Gasteiger partial charge on any atom is 0.337 e. The maximum atomic E-state index is 13.0. The van der Waals surface area contributed by atoms with E-state index in [1.807, 2.05) is 36.4 Å². The average molecular weight is 477 g/mol. The number of esters is 1.